The molecule has 6 aromatic carbocycles. The number of carboxylic acids is 2. The predicted molar refractivity (Wildman–Crippen MR) is 380 cm³/mol. The van der Waals surface area contributed by atoms with Crippen LogP contribution < -0.4 is 61.5 Å². The van der Waals surface area contributed by atoms with Crippen molar-refractivity contribution in [1.82, 2.24) is 31.9 Å². The fourth-order valence-electron chi connectivity index (χ4n) is 11.7. The Balaban J connectivity index is 0.0000149. The molecule has 29 heteroatoms. The summed E-state index contributed by atoms with van der Waals surface area (Å²) in [4.78, 5) is 102. The van der Waals surface area contributed by atoms with E-state index in [2.05, 4.69) is 31.9 Å². The van der Waals surface area contributed by atoms with Crippen LogP contribution in [0, 0.1) is 0 Å². The summed E-state index contributed by atoms with van der Waals surface area (Å²) in [6.45, 7) is 1.66. The Morgan fingerprint density at radius 2 is 0.786 bits per heavy atom. The molecule has 0 bridgehead atoms. The molecule has 0 saturated carbocycles. The van der Waals surface area contributed by atoms with Crippen molar-refractivity contribution in [2.45, 2.75) is 125 Å². The molecule has 0 spiro atoms. The van der Waals surface area contributed by atoms with E-state index in [0.29, 0.717) is 71.2 Å². The molecule has 2 fully saturated rings. The second kappa shape index (κ2) is 40.6. The van der Waals surface area contributed by atoms with E-state index in [4.69, 9.17) is 18.9 Å². The zero-order valence-corrected chi connectivity index (χ0v) is 61.0. The molecule has 8 rings (SSSR count). The molecular formula is C74H88N6NaO20S2+. The van der Waals surface area contributed by atoms with Crippen LogP contribution in [0.2, 0.25) is 0 Å². The van der Waals surface area contributed by atoms with E-state index in [1.165, 1.54) is 23.5 Å². The molecule has 2 saturated heterocycles. The van der Waals surface area contributed by atoms with Gasteiger partial charge in [0.05, 0.1) is 62.6 Å². The van der Waals surface area contributed by atoms with Gasteiger partial charge < -0.3 is 91.7 Å². The molecule has 0 radical (unpaired) electrons. The van der Waals surface area contributed by atoms with Gasteiger partial charge >= 0.3 is 41.5 Å². The number of aliphatic hydroxyl groups is 6. The summed E-state index contributed by atoms with van der Waals surface area (Å²) in [5, 5.41) is 104. The van der Waals surface area contributed by atoms with Gasteiger partial charge in [-0.25, -0.2) is 9.59 Å². The fourth-order valence-corrected chi connectivity index (χ4v) is 13.3. The zero-order chi connectivity index (χ0) is 73.3. The number of nitrogens with one attached hydrogen (secondary N) is 6. The number of ether oxygens (including phenoxy) is 4. The third-order valence-electron chi connectivity index (χ3n) is 17.1. The van der Waals surface area contributed by atoms with Crippen LogP contribution >= 0.6 is 23.5 Å². The van der Waals surface area contributed by atoms with Gasteiger partial charge in [-0.1, -0.05) is 133 Å². The van der Waals surface area contributed by atoms with Crippen LogP contribution in [-0.4, -0.2) is 223 Å². The zero-order valence-electron chi connectivity index (χ0n) is 57.4. The average molecular weight is 1470 g/mol. The first-order chi connectivity index (χ1) is 48.9. The molecule has 2 aliphatic rings. The number of aliphatic carboxylic acids is 2. The van der Waals surface area contributed by atoms with Crippen LogP contribution in [-0.2, 0) is 60.6 Å². The van der Waals surface area contributed by atoms with Gasteiger partial charge in [-0.3, -0.25) is 28.8 Å². The van der Waals surface area contributed by atoms with Gasteiger partial charge in [0.15, 0.2) is 0 Å². The topological polar surface area (TPSA) is 408 Å². The normalized spacial score (nSPS) is 21.2. The predicted octanol–water partition coefficient (Wildman–Crippen LogP) is 0.463. The first-order valence-corrected chi connectivity index (χ1v) is 35.7. The summed E-state index contributed by atoms with van der Waals surface area (Å²) in [7, 11) is 0. The van der Waals surface area contributed by atoms with Gasteiger partial charge in [-0.15, -0.1) is 0 Å². The first kappa shape index (κ1) is 82.7. The molecule has 2 heterocycles. The summed E-state index contributed by atoms with van der Waals surface area (Å²) in [6.07, 6.45) is -14.5. The monoisotopic (exact) mass is 1470 g/mol. The minimum atomic E-state index is -2.47. The van der Waals surface area contributed by atoms with Crippen molar-refractivity contribution in [3.63, 3.8) is 0 Å². The third kappa shape index (κ3) is 24.2. The molecule has 0 aliphatic carbocycles. The maximum atomic E-state index is 13.1. The van der Waals surface area contributed by atoms with E-state index in [1.807, 2.05) is 84.9 Å². The Hall–Kier alpha value is -7.62. The van der Waals surface area contributed by atoms with Gasteiger partial charge in [-0.05, 0) is 93.1 Å². The second-order valence-corrected chi connectivity index (χ2v) is 27.2. The third-order valence-corrected chi connectivity index (χ3v) is 19.2. The number of amides is 6. The van der Waals surface area contributed by atoms with E-state index in [1.54, 1.807) is 72.8 Å². The van der Waals surface area contributed by atoms with E-state index in [0.717, 1.165) is 47.2 Å². The second-order valence-electron chi connectivity index (χ2n) is 24.8. The SMILES string of the molecule is CC(=O)N[C@@H]1[C@@H](O)C[C@](OCCCSCCNC(=O)c2ccc(-c3ccc(C(=O)NCCSCCCO[C@]4(C(=O)O)C[C@H](O)[C@@H](NC(C)=O)[C@H](C(O)[C@H](O)CNC(=O)Cc5ccc(-c6ccccc6)cc5)O4)cc3)cc2)(C(=O)O)O[C@H]1C(O)[C@H](O)CNC(=O)Cc1ccc(-c2ccccc2)cc1.[Na+]. The Bertz CT molecular complexity index is 3500. The molecule has 2 aliphatic heterocycles. The fraction of sp³-hybridized carbons (Fsp3) is 0.405. The summed E-state index contributed by atoms with van der Waals surface area (Å²) in [5.74, 6) is -9.03. The van der Waals surface area contributed by atoms with Crippen molar-refractivity contribution >= 4 is 70.9 Å². The summed E-state index contributed by atoms with van der Waals surface area (Å²) < 4.78 is 23.3. The molecule has 6 aromatic rings. The van der Waals surface area contributed by atoms with E-state index < -0.39 is 134 Å². The van der Waals surface area contributed by atoms with Crippen LogP contribution in [0.1, 0.15) is 71.4 Å². The molecule has 26 nitrogen and oxygen atoms in total. The average Bonchev–Trinajstić information content (AvgIpc) is 0.775. The first-order valence-electron chi connectivity index (χ1n) is 33.4. The number of aliphatic hydroxyl groups excluding tert-OH is 6. The summed E-state index contributed by atoms with van der Waals surface area (Å²) in [6, 6.07) is 45.2. The van der Waals surface area contributed by atoms with Crippen molar-refractivity contribution in [2.24, 2.45) is 0 Å². The van der Waals surface area contributed by atoms with Crippen LogP contribution in [0.25, 0.3) is 33.4 Å². The number of carboxylic acid groups (broad SMARTS) is 2. The molecule has 14 N–H and O–H groups in total. The van der Waals surface area contributed by atoms with Crippen LogP contribution in [0.5, 0.6) is 0 Å². The number of rotatable bonds is 37. The van der Waals surface area contributed by atoms with Gasteiger partial charge in [0, 0.05) is 75.5 Å². The number of hydrogen-bond donors (Lipinski definition) is 14. The smallest absolute Gasteiger partial charge is 0.477 e. The van der Waals surface area contributed by atoms with Crippen LogP contribution in [0.15, 0.2) is 158 Å². The van der Waals surface area contributed by atoms with Crippen LogP contribution in [0.4, 0.5) is 0 Å². The molecule has 103 heavy (non-hydrogen) atoms. The Morgan fingerprint density at radius 3 is 1.11 bits per heavy atom. The number of thioether (sulfide) groups is 2. The maximum Gasteiger partial charge on any atom is 1.00 e. The molecule has 2 unspecified atom stereocenters. The Labute approximate surface area is 627 Å². The maximum absolute atomic E-state index is 13.1. The van der Waals surface area contributed by atoms with Gasteiger partial charge in [0.2, 0.25) is 23.6 Å². The van der Waals surface area contributed by atoms with Gasteiger partial charge in [0.1, 0.15) is 24.4 Å². The Kier molecular flexibility index (Phi) is 32.6. The number of carbonyl (C=O) groups excluding carboxylic acids is 6. The van der Waals surface area contributed by atoms with Crippen molar-refractivity contribution in [1.29, 1.82) is 0 Å². The van der Waals surface area contributed by atoms with E-state index in [9.17, 15) is 79.2 Å². The molecular weight excluding hydrogens is 1380 g/mol. The van der Waals surface area contributed by atoms with E-state index in [-0.39, 0.29) is 67.4 Å². The van der Waals surface area contributed by atoms with Crippen molar-refractivity contribution in [3.05, 3.63) is 180 Å². The molecule has 0 aromatic heterocycles. The molecule has 6 amide bonds. The number of hydrogen-bond acceptors (Lipinski definition) is 20. The quantitative estimate of drug-likeness (QED) is 0.0186. The number of benzene rings is 6. The largest absolute Gasteiger partial charge is 1.00 e. The molecule has 546 valence electrons. The van der Waals surface area contributed by atoms with Crippen molar-refractivity contribution in [2.75, 3.05) is 62.4 Å². The minimum Gasteiger partial charge on any atom is -0.477 e. The standard InChI is InChI=1S/C74H88N6O20S2.Na/c1-45(81)79-63-57(83)41-73(71(93)94,99-67(63)65(89)59(85)43-77-61(87)39-47-15-19-51(20-16-47)49-11-5-3-6-12-49)97-33-9-35-101-37-31-75-69(91)55-27-23-53(24-28-55)54-25-29-56(30-26-54)70(92)76-32-38-102-36-10-34-98-74(72(95)96)42-58(84)64(80-46(2)82)68(100-74)66(90)60(86)44-78-62(88)40-48-17-21-52(22-18-48)50-13-7-4-8-14-50;/h3-8,11-30,57-60,63-68,83-86,89-90H,9-10,31-44H2,1-2H3,(H,75,91)(H,76,92)(H,77,87)(H,78,88)(H,79,81)(H,80,82)(H,93,94)(H,95,96);/q;+1/t57-,58-,59+,60+,63+,64+,65?,66?,67+,68+,73+,74+;/m0./s1. The van der Waals surface area contributed by atoms with E-state index >= 15 is 0 Å². The summed E-state index contributed by atoms with van der Waals surface area (Å²) in [5.41, 5.74) is 7.75. The Morgan fingerprint density at radius 1 is 0.466 bits per heavy atom. The minimum absolute atomic E-state index is 0. The van der Waals surface area contributed by atoms with Crippen LogP contribution in [0.3, 0.4) is 0 Å². The van der Waals surface area contributed by atoms with Crippen molar-refractivity contribution < 1.29 is 128 Å². The van der Waals surface area contributed by atoms with Gasteiger partial charge in [0.25, 0.3) is 23.4 Å². The number of carbonyl (C=O) groups is 8. The summed E-state index contributed by atoms with van der Waals surface area (Å²) >= 11 is 2.92. The van der Waals surface area contributed by atoms with Crippen molar-refractivity contribution in [3.8, 4) is 33.4 Å². The molecule has 12 atom stereocenters. The van der Waals surface area contributed by atoms with Gasteiger partial charge in [-0.2, -0.15) is 23.5 Å².